The van der Waals surface area contributed by atoms with Gasteiger partial charge in [-0.15, -0.1) is 5.10 Å². The molecule has 1 aliphatic rings. The van der Waals surface area contributed by atoms with E-state index in [0.717, 1.165) is 22.6 Å². The van der Waals surface area contributed by atoms with Gasteiger partial charge in [-0.1, -0.05) is 24.3 Å². The summed E-state index contributed by atoms with van der Waals surface area (Å²) >= 11 is 0. The first kappa shape index (κ1) is 19.4. The van der Waals surface area contributed by atoms with Crippen molar-refractivity contribution >= 4 is 17.6 Å². The third-order valence-electron chi connectivity index (χ3n) is 4.34. The molecule has 2 N–H and O–H groups in total. The second-order valence-corrected chi connectivity index (χ2v) is 6.81. The third kappa shape index (κ3) is 4.68. The minimum atomic E-state index is -0.436. The molecule has 1 aliphatic heterocycles. The first-order valence-electron chi connectivity index (χ1n) is 9.04. The van der Waals surface area contributed by atoms with E-state index in [9.17, 15) is 9.90 Å². The van der Waals surface area contributed by atoms with Crippen molar-refractivity contribution in [3.63, 3.8) is 0 Å². The number of benzene rings is 2. The van der Waals surface area contributed by atoms with Crippen molar-refractivity contribution in [3.8, 4) is 11.5 Å². The zero-order chi connectivity index (χ0) is 20.1. The van der Waals surface area contributed by atoms with Crippen molar-refractivity contribution in [2.75, 3.05) is 7.11 Å². The maximum Gasteiger partial charge on any atom is 0.252 e. The molecule has 28 heavy (non-hydrogen) atoms. The number of hydrogen-bond acceptors (Lipinski definition) is 5. The number of aromatic hydroxyl groups is 1. The molecular weight excluding hydrogens is 356 g/mol. The van der Waals surface area contributed by atoms with Crippen LogP contribution in [0.25, 0.3) is 0 Å². The fraction of sp³-hybridized carbons (Fsp3) is 0.286. The molecule has 0 bridgehead atoms. The van der Waals surface area contributed by atoms with Crippen LogP contribution >= 0.6 is 0 Å². The van der Waals surface area contributed by atoms with Crippen molar-refractivity contribution in [2.45, 2.75) is 32.9 Å². The van der Waals surface area contributed by atoms with E-state index in [2.05, 4.69) is 15.5 Å². The Morgan fingerprint density at radius 1 is 1.11 bits per heavy atom. The molecule has 2 aromatic carbocycles. The number of nitrogens with zero attached hydrogens (tertiary/aromatic N) is 3. The largest absolute Gasteiger partial charge is 0.508 e. The molecular formula is C21H24N4O3. The minimum Gasteiger partial charge on any atom is -0.508 e. The highest BCUT2D eigenvalue weighted by Crippen LogP contribution is 2.19. The summed E-state index contributed by atoms with van der Waals surface area (Å²) < 4.78 is 5.19. The van der Waals surface area contributed by atoms with Crippen LogP contribution in [0.15, 0.2) is 58.7 Å². The number of rotatable bonds is 6. The highest BCUT2D eigenvalue weighted by molar-refractivity contribution is 6.06. The average Bonchev–Trinajstić information content (AvgIpc) is 2.97. The van der Waals surface area contributed by atoms with Crippen LogP contribution in [-0.4, -0.2) is 40.7 Å². The zero-order valence-corrected chi connectivity index (χ0v) is 16.2. The van der Waals surface area contributed by atoms with Crippen LogP contribution in [0, 0.1) is 0 Å². The summed E-state index contributed by atoms with van der Waals surface area (Å²) in [7, 11) is 1.62. The maximum absolute atomic E-state index is 13.0. The van der Waals surface area contributed by atoms with Crippen LogP contribution in [0.1, 0.15) is 25.0 Å². The minimum absolute atomic E-state index is 0.0633. The van der Waals surface area contributed by atoms with E-state index >= 15 is 0 Å². The number of guanidine groups is 1. The lowest BCUT2D eigenvalue weighted by Crippen LogP contribution is -2.32. The van der Waals surface area contributed by atoms with Gasteiger partial charge in [-0.2, -0.15) is 5.10 Å². The Kier molecular flexibility index (Phi) is 5.93. The second kappa shape index (κ2) is 8.56. The summed E-state index contributed by atoms with van der Waals surface area (Å²) in [6, 6.07) is 14.0. The molecule has 0 spiro atoms. The van der Waals surface area contributed by atoms with E-state index in [1.165, 1.54) is 0 Å². The van der Waals surface area contributed by atoms with E-state index in [-0.39, 0.29) is 11.7 Å². The van der Waals surface area contributed by atoms with Crippen molar-refractivity contribution in [2.24, 2.45) is 10.2 Å². The summed E-state index contributed by atoms with van der Waals surface area (Å²) in [6.45, 7) is 4.09. The normalized spacial score (nSPS) is 17.5. The number of carbonyl (C=O) groups is 1. The quantitative estimate of drug-likeness (QED) is 0.596. The lowest BCUT2D eigenvalue weighted by Gasteiger charge is -2.15. The van der Waals surface area contributed by atoms with Gasteiger partial charge < -0.3 is 15.2 Å². The van der Waals surface area contributed by atoms with Gasteiger partial charge in [0.25, 0.3) is 5.91 Å². The molecule has 2 aromatic rings. The smallest absolute Gasteiger partial charge is 0.252 e. The number of amides is 1. The molecule has 0 aromatic heterocycles. The lowest BCUT2D eigenvalue weighted by atomic mass is 10.1. The molecule has 0 saturated carbocycles. The van der Waals surface area contributed by atoms with Gasteiger partial charge in [0.1, 0.15) is 17.5 Å². The molecule has 1 heterocycles. The fourth-order valence-electron chi connectivity index (χ4n) is 2.89. The number of ether oxygens (including phenoxy) is 1. The van der Waals surface area contributed by atoms with Gasteiger partial charge in [0, 0.05) is 12.1 Å². The van der Waals surface area contributed by atoms with E-state index in [0.29, 0.717) is 18.9 Å². The predicted octanol–water partition coefficient (Wildman–Crippen LogP) is 2.70. The fourth-order valence-corrected chi connectivity index (χ4v) is 2.89. The molecule has 0 radical (unpaired) electrons. The Morgan fingerprint density at radius 2 is 1.75 bits per heavy atom. The summed E-state index contributed by atoms with van der Waals surface area (Å²) in [5.41, 5.74) is 2.71. The van der Waals surface area contributed by atoms with E-state index < -0.39 is 6.04 Å². The number of phenols is 1. The van der Waals surface area contributed by atoms with Crippen LogP contribution in [0.2, 0.25) is 0 Å². The topological polar surface area (TPSA) is 86.5 Å². The van der Waals surface area contributed by atoms with Gasteiger partial charge in [0.2, 0.25) is 5.96 Å². The van der Waals surface area contributed by atoms with Crippen molar-refractivity contribution in [1.29, 1.82) is 0 Å². The van der Waals surface area contributed by atoms with Crippen LogP contribution in [0.5, 0.6) is 11.5 Å². The first-order chi connectivity index (χ1) is 13.5. The predicted molar refractivity (Wildman–Crippen MR) is 108 cm³/mol. The Bertz CT molecular complexity index is 885. The van der Waals surface area contributed by atoms with Gasteiger partial charge >= 0.3 is 0 Å². The van der Waals surface area contributed by atoms with E-state index in [1.807, 2.05) is 50.2 Å². The SMILES string of the molecule is COc1ccc(CN2C(=O)C(Cc3ccc(O)cc3)N/C2=N/N=C(C)C)cc1. The van der Waals surface area contributed by atoms with Crippen molar-refractivity contribution in [1.82, 2.24) is 10.2 Å². The Balaban J connectivity index is 1.81. The zero-order valence-electron chi connectivity index (χ0n) is 16.2. The molecule has 1 unspecified atom stereocenters. The van der Waals surface area contributed by atoms with Crippen LogP contribution in [-0.2, 0) is 17.8 Å². The molecule has 7 nitrogen and oxygen atoms in total. The Labute approximate surface area is 164 Å². The highest BCUT2D eigenvalue weighted by atomic mass is 16.5. The van der Waals surface area contributed by atoms with Crippen LogP contribution in [0.3, 0.4) is 0 Å². The van der Waals surface area contributed by atoms with E-state index in [1.54, 1.807) is 24.1 Å². The number of carbonyl (C=O) groups excluding carboxylic acids is 1. The van der Waals surface area contributed by atoms with Crippen LogP contribution < -0.4 is 10.1 Å². The summed E-state index contributed by atoms with van der Waals surface area (Å²) in [5, 5.41) is 21.0. The average molecular weight is 380 g/mol. The Morgan fingerprint density at radius 3 is 2.36 bits per heavy atom. The first-order valence-corrected chi connectivity index (χ1v) is 9.04. The molecule has 1 saturated heterocycles. The molecule has 1 fully saturated rings. The summed E-state index contributed by atoms with van der Waals surface area (Å²) in [5.74, 6) is 1.34. The third-order valence-corrected chi connectivity index (χ3v) is 4.34. The number of phenolic OH excluding ortho intramolecular Hbond substituents is 1. The molecule has 1 amide bonds. The monoisotopic (exact) mass is 380 g/mol. The van der Waals surface area contributed by atoms with Crippen LogP contribution in [0.4, 0.5) is 0 Å². The highest BCUT2D eigenvalue weighted by Gasteiger charge is 2.36. The van der Waals surface area contributed by atoms with Crippen molar-refractivity contribution < 1.29 is 14.6 Å². The second-order valence-electron chi connectivity index (χ2n) is 6.81. The van der Waals surface area contributed by atoms with Gasteiger partial charge in [0.05, 0.1) is 13.7 Å². The molecule has 1 atom stereocenters. The summed E-state index contributed by atoms with van der Waals surface area (Å²) in [4.78, 5) is 14.6. The van der Waals surface area contributed by atoms with Gasteiger partial charge in [-0.05, 0) is 49.2 Å². The number of hydrogen-bond donors (Lipinski definition) is 2. The standard InChI is InChI=1S/C21H24N4O3/c1-14(2)23-24-21-22-19(12-15-4-8-17(26)9-5-15)20(27)25(21)13-16-6-10-18(28-3)11-7-16/h4-11,19,26H,12-13H2,1-3H3,(H,22,24). The van der Waals surface area contributed by atoms with Gasteiger partial charge in [-0.25, -0.2) is 0 Å². The molecule has 146 valence electrons. The van der Waals surface area contributed by atoms with Gasteiger partial charge in [-0.3, -0.25) is 9.69 Å². The van der Waals surface area contributed by atoms with Gasteiger partial charge in [0.15, 0.2) is 0 Å². The molecule has 0 aliphatic carbocycles. The maximum atomic E-state index is 13.0. The number of methoxy groups -OCH3 is 1. The van der Waals surface area contributed by atoms with E-state index in [4.69, 9.17) is 4.74 Å². The lowest BCUT2D eigenvalue weighted by molar-refractivity contribution is -0.127. The molecule has 3 rings (SSSR count). The molecule has 7 heteroatoms. The number of nitrogens with one attached hydrogen (secondary N) is 1. The Hall–Kier alpha value is -3.35. The van der Waals surface area contributed by atoms with Crippen molar-refractivity contribution in [3.05, 3.63) is 59.7 Å². The summed E-state index contributed by atoms with van der Waals surface area (Å²) in [6.07, 6.45) is 0.492.